The Morgan fingerprint density at radius 3 is 2.53 bits per heavy atom. The number of rotatable bonds is 2. The van der Waals surface area contributed by atoms with Crippen LogP contribution in [0.1, 0.15) is 24.8 Å². The minimum atomic E-state index is 1.03. The van der Waals surface area contributed by atoms with E-state index in [0.29, 0.717) is 0 Å². The van der Waals surface area contributed by atoms with Crippen molar-refractivity contribution in [3.8, 4) is 0 Å². The van der Waals surface area contributed by atoms with E-state index in [0.717, 1.165) is 25.0 Å². The summed E-state index contributed by atoms with van der Waals surface area (Å²) < 4.78 is 5.52. The molecule has 0 heterocycles. The van der Waals surface area contributed by atoms with Gasteiger partial charge in [0, 0.05) is 5.56 Å². The van der Waals surface area contributed by atoms with Gasteiger partial charge in [0.15, 0.2) is 0 Å². The molecule has 0 saturated heterocycles. The minimum Gasteiger partial charge on any atom is -0.496 e. The standard InChI is InChI=1S/C14H16O/c1-15-14(12-8-4-2-5-9-12)13-10-6-3-7-11-13/h2-6,8-9H,7,10-11H2,1H3/b14-13+. The van der Waals surface area contributed by atoms with Crippen molar-refractivity contribution in [1.82, 2.24) is 0 Å². The van der Waals surface area contributed by atoms with Crippen molar-refractivity contribution < 1.29 is 4.74 Å². The Kier molecular flexibility index (Phi) is 3.23. The normalized spacial score (nSPS) is 18.7. The van der Waals surface area contributed by atoms with Gasteiger partial charge in [-0.2, -0.15) is 0 Å². The van der Waals surface area contributed by atoms with E-state index in [4.69, 9.17) is 4.74 Å². The van der Waals surface area contributed by atoms with Crippen molar-refractivity contribution in [3.63, 3.8) is 0 Å². The zero-order chi connectivity index (χ0) is 10.5. The second-order valence-corrected chi connectivity index (χ2v) is 3.72. The molecule has 0 fully saturated rings. The van der Waals surface area contributed by atoms with Crippen LogP contribution in [0.5, 0.6) is 0 Å². The molecule has 1 aromatic rings. The quantitative estimate of drug-likeness (QED) is 0.521. The van der Waals surface area contributed by atoms with Gasteiger partial charge in [-0.3, -0.25) is 0 Å². The van der Waals surface area contributed by atoms with E-state index >= 15 is 0 Å². The third-order valence-corrected chi connectivity index (χ3v) is 2.70. The summed E-state index contributed by atoms with van der Waals surface area (Å²) in [5.74, 6) is 1.06. The van der Waals surface area contributed by atoms with Crippen molar-refractivity contribution in [3.05, 3.63) is 53.6 Å². The SMILES string of the molecule is CO/C(=C1\CC=CCC1)c1ccccc1. The van der Waals surface area contributed by atoms with Crippen molar-refractivity contribution in [2.75, 3.05) is 7.11 Å². The average molecular weight is 200 g/mol. The molecule has 0 aliphatic heterocycles. The topological polar surface area (TPSA) is 9.23 Å². The van der Waals surface area contributed by atoms with Gasteiger partial charge in [-0.1, -0.05) is 42.5 Å². The maximum atomic E-state index is 5.52. The van der Waals surface area contributed by atoms with Crippen LogP contribution in [0.4, 0.5) is 0 Å². The predicted molar refractivity (Wildman–Crippen MR) is 63.4 cm³/mol. The van der Waals surface area contributed by atoms with Crippen molar-refractivity contribution in [2.45, 2.75) is 19.3 Å². The largest absolute Gasteiger partial charge is 0.496 e. The average Bonchev–Trinajstić information content (AvgIpc) is 2.33. The lowest BCUT2D eigenvalue weighted by Crippen LogP contribution is -1.97. The summed E-state index contributed by atoms with van der Waals surface area (Å²) >= 11 is 0. The van der Waals surface area contributed by atoms with Gasteiger partial charge in [-0.05, 0) is 24.8 Å². The van der Waals surface area contributed by atoms with E-state index < -0.39 is 0 Å². The molecule has 0 spiro atoms. The van der Waals surface area contributed by atoms with Crippen LogP contribution < -0.4 is 0 Å². The van der Waals surface area contributed by atoms with Crippen molar-refractivity contribution in [2.24, 2.45) is 0 Å². The molecule has 0 N–H and O–H groups in total. The Morgan fingerprint density at radius 1 is 1.13 bits per heavy atom. The first-order valence-corrected chi connectivity index (χ1v) is 5.38. The third-order valence-electron chi connectivity index (χ3n) is 2.70. The number of benzene rings is 1. The monoisotopic (exact) mass is 200 g/mol. The Hall–Kier alpha value is -1.50. The Labute approximate surface area is 91.1 Å². The Bertz CT molecular complexity index is 374. The lowest BCUT2D eigenvalue weighted by molar-refractivity contribution is 0.364. The molecule has 0 aromatic heterocycles. The molecule has 1 nitrogen and oxygen atoms in total. The van der Waals surface area contributed by atoms with E-state index in [1.165, 1.54) is 11.1 Å². The molecule has 78 valence electrons. The van der Waals surface area contributed by atoms with Gasteiger partial charge in [-0.15, -0.1) is 0 Å². The maximum absolute atomic E-state index is 5.52. The smallest absolute Gasteiger partial charge is 0.125 e. The van der Waals surface area contributed by atoms with Crippen LogP contribution in [-0.4, -0.2) is 7.11 Å². The highest BCUT2D eigenvalue weighted by atomic mass is 16.5. The van der Waals surface area contributed by atoms with Gasteiger partial charge < -0.3 is 4.74 Å². The molecule has 0 bridgehead atoms. The highest BCUT2D eigenvalue weighted by Crippen LogP contribution is 2.27. The zero-order valence-electron chi connectivity index (χ0n) is 9.07. The fraction of sp³-hybridized carbons (Fsp3) is 0.286. The molecule has 0 amide bonds. The molecular formula is C14H16O. The van der Waals surface area contributed by atoms with E-state index in [1.54, 1.807) is 7.11 Å². The summed E-state index contributed by atoms with van der Waals surface area (Å²) in [6, 6.07) is 10.3. The third kappa shape index (κ3) is 2.30. The van der Waals surface area contributed by atoms with Gasteiger partial charge in [0.1, 0.15) is 5.76 Å². The summed E-state index contributed by atoms with van der Waals surface area (Å²) in [7, 11) is 1.76. The van der Waals surface area contributed by atoms with Crippen LogP contribution in [0, 0.1) is 0 Å². The van der Waals surface area contributed by atoms with E-state index in [1.807, 2.05) is 18.2 Å². The first-order valence-electron chi connectivity index (χ1n) is 5.38. The van der Waals surface area contributed by atoms with Crippen LogP contribution in [-0.2, 0) is 4.74 Å². The van der Waals surface area contributed by atoms with E-state index in [9.17, 15) is 0 Å². The fourth-order valence-electron chi connectivity index (χ4n) is 1.97. The second kappa shape index (κ2) is 4.83. The number of methoxy groups -OCH3 is 1. The fourth-order valence-corrected chi connectivity index (χ4v) is 1.97. The zero-order valence-corrected chi connectivity index (χ0v) is 9.07. The molecule has 0 atom stereocenters. The Balaban J connectivity index is 2.35. The van der Waals surface area contributed by atoms with Crippen LogP contribution in [0.3, 0.4) is 0 Å². The highest BCUT2D eigenvalue weighted by Gasteiger charge is 2.10. The van der Waals surface area contributed by atoms with Gasteiger partial charge in [0.25, 0.3) is 0 Å². The summed E-state index contributed by atoms with van der Waals surface area (Å²) in [6.07, 6.45) is 7.74. The number of hydrogen-bond donors (Lipinski definition) is 0. The molecule has 1 aliphatic carbocycles. The van der Waals surface area contributed by atoms with Crippen molar-refractivity contribution in [1.29, 1.82) is 0 Å². The van der Waals surface area contributed by atoms with E-state index in [2.05, 4.69) is 24.3 Å². The maximum Gasteiger partial charge on any atom is 0.125 e. The molecule has 0 radical (unpaired) electrons. The molecule has 1 aromatic carbocycles. The van der Waals surface area contributed by atoms with Gasteiger partial charge in [-0.25, -0.2) is 0 Å². The molecule has 1 aliphatic rings. The molecular weight excluding hydrogens is 184 g/mol. The van der Waals surface area contributed by atoms with Crippen LogP contribution >= 0.6 is 0 Å². The summed E-state index contributed by atoms with van der Waals surface area (Å²) in [4.78, 5) is 0. The lowest BCUT2D eigenvalue weighted by atomic mass is 9.97. The first kappa shape index (κ1) is 10.0. The van der Waals surface area contributed by atoms with Crippen molar-refractivity contribution >= 4 is 5.76 Å². The second-order valence-electron chi connectivity index (χ2n) is 3.72. The van der Waals surface area contributed by atoms with Crippen LogP contribution in [0.15, 0.2) is 48.1 Å². The van der Waals surface area contributed by atoms with Crippen LogP contribution in [0.25, 0.3) is 5.76 Å². The lowest BCUT2D eigenvalue weighted by Gasteiger charge is -2.15. The molecule has 0 unspecified atom stereocenters. The Morgan fingerprint density at radius 2 is 1.93 bits per heavy atom. The predicted octanol–water partition coefficient (Wildman–Crippen LogP) is 3.78. The van der Waals surface area contributed by atoms with E-state index in [-0.39, 0.29) is 0 Å². The molecule has 2 rings (SSSR count). The molecule has 0 saturated carbocycles. The molecule has 1 heteroatoms. The minimum absolute atomic E-state index is 1.03. The van der Waals surface area contributed by atoms with Gasteiger partial charge in [0.05, 0.1) is 7.11 Å². The highest BCUT2D eigenvalue weighted by molar-refractivity contribution is 5.63. The number of ether oxygens (including phenoxy) is 1. The number of hydrogen-bond acceptors (Lipinski definition) is 1. The first-order chi connectivity index (χ1) is 7.42. The summed E-state index contributed by atoms with van der Waals surface area (Å²) in [6.45, 7) is 0. The number of allylic oxidation sites excluding steroid dienone is 3. The summed E-state index contributed by atoms with van der Waals surface area (Å²) in [5.41, 5.74) is 2.59. The van der Waals surface area contributed by atoms with Crippen LogP contribution in [0.2, 0.25) is 0 Å². The molecule has 15 heavy (non-hydrogen) atoms. The van der Waals surface area contributed by atoms with Gasteiger partial charge in [0.2, 0.25) is 0 Å². The summed E-state index contributed by atoms with van der Waals surface area (Å²) in [5, 5.41) is 0. The van der Waals surface area contributed by atoms with Gasteiger partial charge >= 0.3 is 0 Å².